The van der Waals surface area contributed by atoms with Crippen LogP contribution < -0.4 is 16.4 Å². The maximum absolute atomic E-state index is 12.8. The number of hydrazine groups is 1. The molecule has 4 fully saturated rings. The van der Waals surface area contributed by atoms with E-state index in [1.165, 1.54) is 4.68 Å². The molecule has 2 amide bonds. The number of fused-ring (bicyclic) bond motifs is 1. The molecule has 4 aliphatic rings. The van der Waals surface area contributed by atoms with Gasteiger partial charge in [-0.25, -0.2) is 4.68 Å². The number of aromatic nitrogens is 2. The summed E-state index contributed by atoms with van der Waals surface area (Å²) < 4.78 is 1.25. The van der Waals surface area contributed by atoms with Crippen LogP contribution in [0.25, 0.3) is 10.8 Å². The maximum atomic E-state index is 12.8. The Kier molecular flexibility index (Phi) is 4.66. The van der Waals surface area contributed by atoms with E-state index in [0.717, 1.165) is 32.1 Å². The van der Waals surface area contributed by atoms with Gasteiger partial charge < -0.3 is 5.11 Å². The molecule has 164 valence electrons. The summed E-state index contributed by atoms with van der Waals surface area (Å²) in [5.41, 5.74) is 4.07. The zero-order chi connectivity index (χ0) is 21.8. The van der Waals surface area contributed by atoms with Gasteiger partial charge >= 0.3 is 0 Å². The zero-order valence-corrected chi connectivity index (χ0v) is 17.7. The van der Waals surface area contributed by atoms with Crippen molar-refractivity contribution in [1.82, 2.24) is 20.6 Å². The Labute approximate surface area is 180 Å². The second kappa shape index (κ2) is 7.15. The number of hydrogen-bond donors (Lipinski definition) is 3. The molecule has 0 radical (unpaired) electrons. The van der Waals surface area contributed by atoms with E-state index in [4.69, 9.17) is 0 Å². The van der Waals surface area contributed by atoms with Crippen LogP contribution in [0.1, 0.15) is 62.4 Å². The fourth-order valence-electron chi connectivity index (χ4n) is 6.80. The highest BCUT2D eigenvalue weighted by molar-refractivity contribution is 6.05. The lowest BCUT2D eigenvalue weighted by molar-refractivity contribution is -0.169. The normalized spacial score (nSPS) is 31.0. The van der Waals surface area contributed by atoms with Crippen LogP contribution in [-0.4, -0.2) is 32.3 Å². The standard InChI is InChI=1S/C23H28N4O4/c1-2-27-21(30)17-6-4-3-5-16(17)19(26-27)20(29)25-24-18(28)12-22-8-14-7-15(9-22)11-23(31,10-14)13-22/h3-6,14-15,31H,2,7-13H2,1H3,(H,24,28)(H,25,29)/t14-,15+,22?,23?. The van der Waals surface area contributed by atoms with Gasteiger partial charge in [0, 0.05) is 18.4 Å². The topological polar surface area (TPSA) is 113 Å². The molecule has 0 aliphatic heterocycles. The highest BCUT2D eigenvalue weighted by Crippen LogP contribution is 2.62. The van der Waals surface area contributed by atoms with Crippen LogP contribution in [-0.2, 0) is 11.3 Å². The van der Waals surface area contributed by atoms with Crippen molar-refractivity contribution in [2.75, 3.05) is 0 Å². The first-order valence-corrected chi connectivity index (χ1v) is 11.1. The number of amides is 2. The van der Waals surface area contributed by atoms with Gasteiger partial charge in [0.15, 0.2) is 5.69 Å². The molecule has 4 aliphatic carbocycles. The van der Waals surface area contributed by atoms with E-state index in [1.54, 1.807) is 31.2 Å². The number of rotatable bonds is 4. The highest BCUT2D eigenvalue weighted by atomic mass is 16.3. The Morgan fingerprint density at radius 2 is 1.81 bits per heavy atom. The smallest absolute Gasteiger partial charge is 0.290 e. The van der Waals surface area contributed by atoms with Gasteiger partial charge in [-0.2, -0.15) is 5.10 Å². The van der Waals surface area contributed by atoms with Gasteiger partial charge in [-0.15, -0.1) is 0 Å². The lowest BCUT2D eigenvalue weighted by Gasteiger charge is -2.60. The second-order valence-corrected chi connectivity index (χ2v) is 9.88. The van der Waals surface area contributed by atoms with Crippen molar-refractivity contribution < 1.29 is 14.7 Å². The van der Waals surface area contributed by atoms with Crippen molar-refractivity contribution in [2.24, 2.45) is 17.3 Å². The van der Waals surface area contributed by atoms with Crippen LogP contribution in [0.15, 0.2) is 29.1 Å². The molecule has 2 unspecified atom stereocenters. The summed E-state index contributed by atoms with van der Waals surface area (Å²) in [5, 5.41) is 15.9. The third kappa shape index (κ3) is 3.52. The van der Waals surface area contributed by atoms with E-state index in [0.29, 0.717) is 42.0 Å². The second-order valence-electron chi connectivity index (χ2n) is 9.88. The number of aryl methyl sites for hydroxylation is 1. The first kappa shape index (κ1) is 20.2. The van der Waals surface area contributed by atoms with Crippen LogP contribution in [0, 0.1) is 17.3 Å². The third-order valence-electron chi connectivity index (χ3n) is 7.38. The Bertz CT molecular complexity index is 1110. The number of nitrogens with zero attached hydrogens (tertiary/aromatic N) is 2. The zero-order valence-electron chi connectivity index (χ0n) is 17.7. The summed E-state index contributed by atoms with van der Waals surface area (Å²) in [5.74, 6) is 0.182. The molecule has 1 aromatic carbocycles. The van der Waals surface area contributed by atoms with Crippen LogP contribution >= 0.6 is 0 Å². The minimum atomic E-state index is -0.621. The number of hydrogen-bond acceptors (Lipinski definition) is 5. The first-order valence-electron chi connectivity index (χ1n) is 11.1. The maximum Gasteiger partial charge on any atom is 0.290 e. The summed E-state index contributed by atoms with van der Waals surface area (Å²) >= 11 is 0. The lowest BCUT2D eigenvalue weighted by atomic mass is 9.47. The van der Waals surface area contributed by atoms with E-state index in [9.17, 15) is 19.5 Å². The molecule has 4 atom stereocenters. The molecule has 31 heavy (non-hydrogen) atoms. The predicted molar refractivity (Wildman–Crippen MR) is 114 cm³/mol. The molecule has 0 saturated heterocycles. The number of carbonyl (C=O) groups excluding carboxylic acids is 2. The van der Waals surface area contributed by atoms with Crippen molar-refractivity contribution in [3.05, 3.63) is 40.3 Å². The fraction of sp³-hybridized carbons (Fsp3) is 0.565. The molecule has 0 spiro atoms. The average Bonchev–Trinajstić information content (AvgIpc) is 2.70. The number of aliphatic hydroxyl groups is 1. The Morgan fingerprint density at radius 1 is 1.13 bits per heavy atom. The number of carbonyl (C=O) groups is 2. The van der Waals surface area contributed by atoms with Crippen molar-refractivity contribution >= 4 is 22.6 Å². The SMILES string of the molecule is CCn1nc(C(=O)NNC(=O)CC23C[C@@H]4C[C@@H](CC(O)(C4)C2)C3)c2ccccc2c1=O. The van der Waals surface area contributed by atoms with Gasteiger partial charge in [-0.3, -0.25) is 25.2 Å². The summed E-state index contributed by atoms with van der Waals surface area (Å²) in [7, 11) is 0. The Morgan fingerprint density at radius 3 is 2.45 bits per heavy atom. The minimum absolute atomic E-state index is 0.0986. The number of benzene rings is 1. The molecular weight excluding hydrogens is 396 g/mol. The van der Waals surface area contributed by atoms with E-state index in [-0.39, 0.29) is 22.6 Å². The van der Waals surface area contributed by atoms with Crippen LogP contribution in [0.4, 0.5) is 0 Å². The van der Waals surface area contributed by atoms with E-state index < -0.39 is 11.5 Å². The molecule has 6 rings (SSSR count). The van der Waals surface area contributed by atoms with Crippen molar-refractivity contribution in [3.8, 4) is 0 Å². The van der Waals surface area contributed by atoms with Crippen LogP contribution in [0.3, 0.4) is 0 Å². The van der Waals surface area contributed by atoms with Gasteiger partial charge in [0.1, 0.15) is 0 Å². The Hall–Kier alpha value is -2.74. The molecule has 8 nitrogen and oxygen atoms in total. The largest absolute Gasteiger partial charge is 0.390 e. The van der Waals surface area contributed by atoms with E-state index >= 15 is 0 Å². The van der Waals surface area contributed by atoms with Crippen LogP contribution in [0.5, 0.6) is 0 Å². The number of nitrogens with one attached hydrogen (secondary N) is 2. The van der Waals surface area contributed by atoms with Crippen molar-refractivity contribution in [2.45, 2.75) is 64.0 Å². The highest BCUT2D eigenvalue weighted by Gasteiger charge is 2.57. The summed E-state index contributed by atoms with van der Waals surface area (Å²) in [6, 6.07) is 6.83. The molecule has 1 heterocycles. The monoisotopic (exact) mass is 424 g/mol. The fourth-order valence-corrected chi connectivity index (χ4v) is 6.80. The quantitative estimate of drug-likeness (QED) is 0.649. The molecule has 4 saturated carbocycles. The summed E-state index contributed by atoms with van der Waals surface area (Å²) in [6.45, 7) is 2.12. The minimum Gasteiger partial charge on any atom is -0.390 e. The van der Waals surface area contributed by atoms with Gasteiger partial charge in [0.2, 0.25) is 5.91 Å². The van der Waals surface area contributed by atoms with Gasteiger partial charge in [-0.05, 0) is 68.8 Å². The van der Waals surface area contributed by atoms with Gasteiger partial charge in [0.25, 0.3) is 11.5 Å². The molecular formula is C23H28N4O4. The van der Waals surface area contributed by atoms with E-state index in [1.807, 2.05) is 0 Å². The molecule has 4 bridgehead atoms. The molecule has 8 heteroatoms. The molecule has 1 aromatic heterocycles. The predicted octanol–water partition coefficient (Wildman–Crippen LogP) is 1.90. The van der Waals surface area contributed by atoms with Crippen molar-refractivity contribution in [1.29, 1.82) is 0 Å². The first-order chi connectivity index (χ1) is 14.8. The van der Waals surface area contributed by atoms with E-state index in [2.05, 4.69) is 16.0 Å². The average molecular weight is 425 g/mol. The van der Waals surface area contributed by atoms with Gasteiger partial charge in [-0.1, -0.05) is 18.2 Å². The molecule has 3 N–H and O–H groups in total. The Balaban J connectivity index is 1.30. The van der Waals surface area contributed by atoms with Crippen molar-refractivity contribution in [3.63, 3.8) is 0 Å². The summed E-state index contributed by atoms with van der Waals surface area (Å²) in [4.78, 5) is 38.0. The van der Waals surface area contributed by atoms with Crippen LogP contribution in [0.2, 0.25) is 0 Å². The molecule has 2 aromatic rings. The summed E-state index contributed by atoms with van der Waals surface area (Å²) in [6.07, 6.45) is 5.79. The third-order valence-corrected chi connectivity index (χ3v) is 7.38. The lowest BCUT2D eigenvalue weighted by Crippen LogP contribution is -2.57. The van der Waals surface area contributed by atoms with Gasteiger partial charge in [0.05, 0.1) is 11.0 Å².